The highest BCUT2D eigenvalue weighted by molar-refractivity contribution is 6.29. The molecule has 0 nitrogen and oxygen atoms in total. The molecule has 0 aromatic carbocycles. The number of halogens is 4. The molecule has 0 N–H and O–H groups in total. The Morgan fingerprint density at radius 2 is 0.714 bits per heavy atom. The Labute approximate surface area is 107 Å². The normalized spacial score (nSPS) is 19.7. The fourth-order valence-electron chi connectivity index (χ4n) is 1.55. The van der Waals surface area contributed by atoms with Crippen molar-refractivity contribution in [3.63, 3.8) is 0 Å². The molecule has 0 aliphatic heterocycles. The van der Waals surface area contributed by atoms with E-state index in [9.17, 15) is 0 Å². The van der Waals surface area contributed by atoms with Crippen LogP contribution in [-0.4, -0.2) is 21.5 Å². The second kappa shape index (κ2) is 6.48. The van der Waals surface area contributed by atoms with Crippen molar-refractivity contribution < 1.29 is 0 Å². The Kier molecular flexibility index (Phi) is 6.89. The summed E-state index contributed by atoms with van der Waals surface area (Å²) >= 11 is 24.2. The monoisotopic (exact) mass is 276 g/mol. The van der Waals surface area contributed by atoms with Gasteiger partial charge in [-0.2, -0.15) is 0 Å². The predicted octanol–water partition coefficient (Wildman–Crippen LogP) is 4.79. The minimum atomic E-state index is -0.139. The largest absolute Gasteiger partial charge is 0.118 e. The quantitative estimate of drug-likeness (QED) is 0.512. The summed E-state index contributed by atoms with van der Waals surface area (Å²) in [6, 6.07) is 0. The Morgan fingerprint density at radius 3 is 0.786 bits per heavy atom. The zero-order valence-electron chi connectivity index (χ0n) is 8.82. The third-order valence-corrected chi connectivity index (χ3v) is 2.99. The SMILES string of the molecule is CC(Cl)C(=C(C(C)Cl)C(C)Cl)C(C)Cl. The number of rotatable bonds is 4. The predicted molar refractivity (Wildman–Crippen MR) is 68.3 cm³/mol. The molecule has 84 valence electrons. The lowest BCUT2D eigenvalue weighted by molar-refractivity contribution is 0.879. The van der Waals surface area contributed by atoms with Gasteiger partial charge in [-0.1, -0.05) is 0 Å². The molecule has 14 heavy (non-hydrogen) atoms. The Balaban J connectivity index is 5.27. The van der Waals surface area contributed by atoms with Crippen LogP contribution in [0.2, 0.25) is 0 Å². The topological polar surface area (TPSA) is 0 Å². The van der Waals surface area contributed by atoms with Crippen molar-refractivity contribution in [1.29, 1.82) is 0 Å². The van der Waals surface area contributed by atoms with E-state index < -0.39 is 0 Å². The van der Waals surface area contributed by atoms with Gasteiger partial charge in [-0.3, -0.25) is 0 Å². The number of alkyl halides is 4. The molecule has 4 atom stereocenters. The maximum atomic E-state index is 6.06. The maximum Gasteiger partial charge on any atom is 0.0534 e. The minimum Gasteiger partial charge on any atom is -0.118 e. The van der Waals surface area contributed by atoms with Gasteiger partial charge in [-0.05, 0) is 38.8 Å². The highest BCUT2D eigenvalue weighted by atomic mass is 35.5. The minimum absolute atomic E-state index is 0.139. The van der Waals surface area contributed by atoms with Gasteiger partial charge < -0.3 is 0 Å². The van der Waals surface area contributed by atoms with Gasteiger partial charge in [0, 0.05) is 0 Å². The third kappa shape index (κ3) is 4.18. The van der Waals surface area contributed by atoms with Crippen molar-refractivity contribution in [2.24, 2.45) is 0 Å². The van der Waals surface area contributed by atoms with Gasteiger partial charge in [0.25, 0.3) is 0 Å². The van der Waals surface area contributed by atoms with E-state index in [-0.39, 0.29) is 21.5 Å². The van der Waals surface area contributed by atoms with Crippen LogP contribution in [0.3, 0.4) is 0 Å². The summed E-state index contributed by atoms with van der Waals surface area (Å²) in [6.07, 6.45) is 0. The van der Waals surface area contributed by atoms with Crippen LogP contribution in [0.4, 0.5) is 0 Å². The van der Waals surface area contributed by atoms with Crippen molar-refractivity contribution in [1.82, 2.24) is 0 Å². The molecule has 0 aromatic heterocycles. The highest BCUT2D eigenvalue weighted by Crippen LogP contribution is 2.30. The first-order valence-electron chi connectivity index (χ1n) is 4.59. The molecule has 0 aliphatic carbocycles. The first kappa shape index (κ1) is 14.9. The van der Waals surface area contributed by atoms with Crippen molar-refractivity contribution in [2.75, 3.05) is 0 Å². The average Bonchev–Trinajstić information content (AvgIpc) is 1.96. The van der Waals surface area contributed by atoms with Crippen LogP contribution >= 0.6 is 46.4 Å². The van der Waals surface area contributed by atoms with Gasteiger partial charge in [-0.25, -0.2) is 0 Å². The molecule has 0 aliphatic rings. The van der Waals surface area contributed by atoms with Crippen LogP contribution in [0.5, 0.6) is 0 Å². The maximum absolute atomic E-state index is 6.06. The van der Waals surface area contributed by atoms with E-state index in [1.165, 1.54) is 0 Å². The van der Waals surface area contributed by atoms with E-state index in [4.69, 9.17) is 46.4 Å². The Bertz CT molecular complexity index is 162. The summed E-state index contributed by atoms with van der Waals surface area (Å²) < 4.78 is 0. The summed E-state index contributed by atoms with van der Waals surface area (Å²) in [5.74, 6) is 0. The molecule has 0 amide bonds. The molecule has 0 spiro atoms. The zero-order chi connectivity index (χ0) is 11.5. The summed E-state index contributed by atoms with van der Waals surface area (Å²) in [4.78, 5) is 0. The van der Waals surface area contributed by atoms with Crippen LogP contribution in [0.1, 0.15) is 27.7 Å². The molecule has 0 bridgehead atoms. The summed E-state index contributed by atoms with van der Waals surface area (Å²) in [5, 5.41) is -0.556. The Morgan fingerprint density at radius 1 is 0.571 bits per heavy atom. The highest BCUT2D eigenvalue weighted by Gasteiger charge is 2.23. The third-order valence-electron chi connectivity index (χ3n) is 2.05. The summed E-state index contributed by atoms with van der Waals surface area (Å²) in [5.41, 5.74) is 1.89. The lowest BCUT2D eigenvalue weighted by atomic mass is 9.98. The molecule has 0 radical (unpaired) electrons. The molecule has 0 saturated carbocycles. The summed E-state index contributed by atoms with van der Waals surface area (Å²) in [6.45, 7) is 7.53. The van der Waals surface area contributed by atoms with Crippen LogP contribution in [0, 0.1) is 0 Å². The van der Waals surface area contributed by atoms with Gasteiger partial charge in [0.2, 0.25) is 0 Å². The molecule has 4 unspecified atom stereocenters. The molecular formula is C10H16Cl4. The van der Waals surface area contributed by atoms with Crippen molar-refractivity contribution in [3.05, 3.63) is 11.1 Å². The van der Waals surface area contributed by atoms with Crippen LogP contribution < -0.4 is 0 Å². The van der Waals surface area contributed by atoms with E-state index in [2.05, 4.69) is 0 Å². The van der Waals surface area contributed by atoms with E-state index in [0.29, 0.717) is 0 Å². The fourth-order valence-corrected chi connectivity index (χ4v) is 2.94. The smallest absolute Gasteiger partial charge is 0.0534 e. The van der Waals surface area contributed by atoms with Gasteiger partial charge in [0.15, 0.2) is 0 Å². The second-order valence-electron chi connectivity index (χ2n) is 3.37. The van der Waals surface area contributed by atoms with Crippen LogP contribution in [0.15, 0.2) is 11.1 Å². The van der Waals surface area contributed by atoms with Crippen LogP contribution in [-0.2, 0) is 0 Å². The summed E-state index contributed by atoms with van der Waals surface area (Å²) in [7, 11) is 0. The van der Waals surface area contributed by atoms with Gasteiger partial charge in [0.1, 0.15) is 0 Å². The fraction of sp³-hybridized carbons (Fsp3) is 0.800. The molecule has 0 aromatic rings. The standard InChI is InChI=1S/C10H16Cl4/c1-5(11)9(6(2)12)10(7(3)13)8(4)14/h5-8H,1-4H3. The van der Waals surface area contributed by atoms with Crippen molar-refractivity contribution in [3.8, 4) is 0 Å². The van der Waals surface area contributed by atoms with Gasteiger partial charge in [-0.15, -0.1) is 46.4 Å². The molecule has 0 rings (SSSR count). The number of hydrogen-bond donors (Lipinski definition) is 0. The first-order valence-corrected chi connectivity index (χ1v) is 6.33. The molecule has 0 saturated heterocycles. The molecule has 0 heterocycles. The lowest BCUT2D eigenvalue weighted by Gasteiger charge is -2.22. The molecule has 4 heteroatoms. The zero-order valence-corrected chi connectivity index (χ0v) is 11.8. The number of hydrogen-bond acceptors (Lipinski definition) is 0. The van der Waals surface area contributed by atoms with Crippen LogP contribution in [0.25, 0.3) is 0 Å². The molecular weight excluding hydrogens is 262 g/mol. The van der Waals surface area contributed by atoms with Crippen molar-refractivity contribution in [2.45, 2.75) is 49.2 Å². The van der Waals surface area contributed by atoms with E-state index in [1.54, 1.807) is 0 Å². The second-order valence-corrected chi connectivity index (χ2v) is 5.99. The first-order chi connectivity index (χ1) is 6.29. The van der Waals surface area contributed by atoms with Gasteiger partial charge >= 0.3 is 0 Å². The van der Waals surface area contributed by atoms with Crippen molar-refractivity contribution >= 4 is 46.4 Å². The molecule has 0 fully saturated rings. The number of allylic oxidation sites excluding steroid dienone is 2. The lowest BCUT2D eigenvalue weighted by Crippen LogP contribution is -2.19. The average molecular weight is 278 g/mol. The Hall–Kier alpha value is 0.900. The van der Waals surface area contributed by atoms with E-state index in [1.807, 2.05) is 27.7 Å². The van der Waals surface area contributed by atoms with E-state index in [0.717, 1.165) is 11.1 Å². The van der Waals surface area contributed by atoms with E-state index >= 15 is 0 Å². The van der Waals surface area contributed by atoms with Gasteiger partial charge in [0.05, 0.1) is 21.5 Å².